The quantitative estimate of drug-likeness (QED) is 0.901. The van der Waals surface area contributed by atoms with Crippen molar-refractivity contribution in [1.29, 1.82) is 0 Å². The lowest BCUT2D eigenvalue weighted by atomic mass is 10.1. The van der Waals surface area contributed by atoms with E-state index in [0.29, 0.717) is 6.54 Å². The zero-order valence-corrected chi connectivity index (χ0v) is 12.3. The molecule has 1 aliphatic rings. The number of rotatable bonds is 5. The molecule has 0 radical (unpaired) electrons. The van der Waals surface area contributed by atoms with Gasteiger partial charge in [0.2, 0.25) is 0 Å². The van der Waals surface area contributed by atoms with Crippen LogP contribution in [-0.2, 0) is 0 Å². The lowest BCUT2D eigenvalue weighted by molar-refractivity contribution is 0.240. The summed E-state index contributed by atoms with van der Waals surface area (Å²) in [5, 5.41) is 0.765. The monoisotopic (exact) mass is 316 g/mol. The van der Waals surface area contributed by atoms with Crippen molar-refractivity contribution in [3.8, 4) is 0 Å². The van der Waals surface area contributed by atoms with E-state index >= 15 is 0 Å². The molecule has 1 aromatic rings. The van der Waals surface area contributed by atoms with E-state index in [2.05, 4.69) is 27.9 Å². The van der Waals surface area contributed by atoms with Gasteiger partial charge < -0.3 is 5.73 Å². The third-order valence-corrected chi connectivity index (χ3v) is 4.27. The Morgan fingerprint density at radius 3 is 2.82 bits per heavy atom. The van der Waals surface area contributed by atoms with Gasteiger partial charge in [-0.25, -0.2) is 0 Å². The largest absolute Gasteiger partial charge is 0.329 e. The van der Waals surface area contributed by atoms with Gasteiger partial charge in [-0.2, -0.15) is 0 Å². The molecule has 1 aromatic carbocycles. The fourth-order valence-electron chi connectivity index (χ4n) is 2.15. The van der Waals surface area contributed by atoms with Gasteiger partial charge in [0.05, 0.1) is 0 Å². The van der Waals surface area contributed by atoms with Crippen molar-refractivity contribution in [2.75, 3.05) is 20.1 Å². The molecule has 17 heavy (non-hydrogen) atoms. The van der Waals surface area contributed by atoms with Crippen molar-refractivity contribution in [3.63, 3.8) is 0 Å². The molecule has 0 bridgehead atoms. The van der Waals surface area contributed by atoms with Crippen LogP contribution in [0, 0.1) is 5.92 Å². The van der Waals surface area contributed by atoms with Crippen molar-refractivity contribution in [3.05, 3.63) is 33.3 Å². The smallest absolute Gasteiger partial charge is 0.0479 e. The Morgan fingerprint density at radius 1 is 1.53 bits per heavy atom. The van der Waals surface area contributed by atoms with Crippen LogP contribution < -0.4 is 5.73 Å². The zero-order valence-electron chi connectivity index (χ0n) is 10.00. The number of benzene rings is 1. The van der Waals surface area contributed by atoms with Gasteiger partial charge in [0.15, 0.2) is 0 Å². The average molecular weight is 318 g/mol. The Morgan fingerprint density at radius 2 is 2.24 bits per heavy atom. The van der Waals surface area contributed by atoms with Gasteiger partial charge in [0.1, 0.15) is 0 Å². The molecule has 2 rings (SSSR count). The zero-order chi connectivity index (χ0) is 12.4. The first-order valence-electron chi connectivity index (χ1n) is 5.97. The summed E-state index contributed by atoms with van der Waals surface area (Å²) in [6, 6.07) is 6.13. The summed E-state index contributed by atoms with van der Waals surface area (Å²) in [5.41, 5.74) is 7.10. The second-order valence-electron chi connectivity index (χ2n) is 4.80. The first-order chi connectivity index (χ1) is 8.11. The molecule has 0 spiro atoms. The summed E-state index contributed by atoms with van der Waals surface area (Å²) < 4.78 is 1.08. The van der Waals surface area contributed by atoms with Gasteiger partial charge in [0.25, 0.3) is 0 Å². The predicted octanol–water partition coefficient (Wildman–Crippen LogP) is 3.44. The van der Waals surface area contributed by atoms with Gasteiger partial charge >= 0.3 is 0 Å². The highest BCUT2D eigenvalue weighted by atomic mass is 79.9. The van der Waals surface area contributed by atoms with Crippen LogP contribution in [-0.4, -0.2) is 25.0 Å². The third kappa shape index (κ3) is 3.44. The molecule has 4 heteroatoms. The van der Waals surface area contributed by atoms with Gasteiger partial charge in [-0.05, 0) is 49.6 Å². The summed E-state index contributed by atoms with van der Waals surface area (Å²) in [5.74, 6) is 0.868. The molecule has 0 aliphatic heterocycles. The second kappa shape index (κ2) is 5.70. The highest BCUT2D eigenvalue weighted by Crippen LogP contribution is 2.34. The van der Waals surface area contributed by atoms with Crippen LogP contribution in [0.2, 0.25) is 5.02 Å². The van der Waals surface area contributed by atoms with Gasteiger partial charge in [-0.3, -0.25) is 4.90 Å². The van der Waals surface area contributed by atoms with Crippen molar-refractivity contribution in [2.45, 2.75) is 18.9 Å². The lowest BCUT2D eigenvalue weighted by Crippen LogP contribution is -2.32. The molecular weight excluding hydrogens is 300 g/mol. The van der Waals surface area contributed by atoms with Crippen LogP contribution in [0.3, 0.4) is 0 Å². The highest BCUT2D eigenvalue weighted by Gasteiger charge is 2.27. The highest BCUT2D eigenvalue weighted by molar-refractivity contribution is 9.10. The number of nitrogens with zero attached hydrogens (tertiary/aromatic N) is 1. The molecule has 1 saturated carbocycles. The molecule has 2 N–H and O–H groups in total. The van der Waals surface area contributed by atoms with Crippen LogP contribution in [0.5, 0.6) is 0 Å². The SMILES string of the molecule is CN(CC1CC1)C(CN)c1cc(Cl)ccc1Br. The molecule has 0 aromatic heterocycles. The third-order valence-electron chi connectivity index (χ3n) is 3.32. The normalized spacial score (nSPS) is 17.5. The van der Waals surface area contributed by atoms with Gasteiger partial charge in [0, 0.05) is 28.6 Å². The van der Waals surface area contributed by atoms with E-state index in [4.69, 9.17) is 17.3 Å². The van der Waals surface area contributed by atoms with Crippen LogP contribution >= 0.6 is 27.5 Å². The van der Waals surface area contributed by atoms with Crippen LogP contribution in [0.15, 0.2) is 22.7 Å². The minimum Gasteiger partial charge on any atom is -0.329 e. The average Bonchev–Trinajstić information content (AvgIpc) is 3.08. The maximum Gasteiger partial charge on any atom is 0.0479 e. The second-order valence-corrected chi connectivity index (χ2v) is 6.09. The number of nitrogens with two attached hydrogens (primary N) is 1. The fraction of sp³-hybridized carbons (Fsp3) is 0.538. The van der Waals surface area contributed by atoms with E-state index < -0.39 is 0 Å². The molecular formula is C13H18BrClN2. The number of hydrogen-bond donors (Lipinski definition) is 1. The van der Waals surface area contributed by atoms with Crippen LogP contribution in [0.1, 0.15) is 24.4 Å². The first-order valence-corrected chi connectivity index (χ1v) is 7.14. The summed E-state index contributed by atoms with van der Waals surface area (Å²) in [6.45, 7) is 1.74. The van der Waals surface area contributed by atoms with Crippen molar-refractivity contribution >= 4 is 27.5 Å². The Hall–Kier alpha value is -0.0900. The maximum atomic E-state index is 6.06. The van der Waals surface area contributed by atoms with E-state index in [1.54, 1.807) is 0 Å². The summed E-state index contributed by atoms with van der Waals surface area (Å²) in [6.07, 6.45) is 2.72. The van der Waals surface area contributed by atoms with Crippen LogP contribution in [0.4, 0.5) is 0 Å². The molecule has 0 saturated heterocycles. The summed E-state index contributed by atoms with van der Waals surface area (Å²) in [7, 11) is 2.14. The minimum absolute atomic E-state index is 0.240. The van der Waals surface area contributed by atoms with Crippen molar-refractivity contribution in [1.82, 2.24) is 4.90 Å². The molecule has 1 aliphatic carbocycles. The van der Waals surface area contributed by atoms with E-state index in [0.717, 1.165) is 22.0 Å². The topological polar surface area (TPSA) is 29.3 Å². The van der Waals surface area contributed by atoms with E-state index in [1.165, 1.54) is 18.4 Å². The summed E-state index contributed by atoms with van der Waals surface area (Å²) in [4.78, 5) is 2.34. The molecule has 2 nitrogen and oxygen atoms in total. The van der Waals surface area contributed by atoms with Crippen LogP contribution in [0.25, 0.3) is 0 Å². The Labute approximate surface area is 116 Å². The first kappa shape index (κ1) is 13.3. The van der Waals surface area contributed by atoms with E-state index in [1.807, 2.05) is 18.2 Å². The fourth-order valence-corrected chi connectivity index (χ4v) is 2.84. The van der Waals surface area contributed by atoms with E-state index in [-0.39, 0.29) is 6.04 Å². The van der Waals surface area contributed by atoms with Crippen molar-refractivity contribution < 1.29 is 0 Å². The van der Waals surface area contributed by atoms with Crippen molar-refractivity contribution in [2.24, 2.45) is 11.7 Å². The molecule has 1 fully saturated rings. The molecule has 0 heterocycles. The maximum absolute atomic E-state index is 6.06. The molecule has 1 unspecified atom stereocenters. The van der Waals surface area contributed by atoms with E-state index in [9.17, 15) is 0 Å². The summed E-state index contributed by atoms with van der Waals surface area (Å²) >= 11 is 9.64. The Bertz CT molecular complexity index is 393. The molecule has 0 amide bonds. The van der Waals surface area contributed by atoms with Gasteiger partial charge in [-0.1, -0.05) is 27.5 Å². The predicted molar refractivity (Wildman–Crippen MR) is 76.3 cm³/mol. The molecule has 1 atom stereocenters. The lowest BCUT2D eigenvalue weighted by Gasteiger charge is -2.28. The van der Waals surface area contributed by atoms with Gasteiger partial charge in [-0.15, -0.1) is 0 Å². The standard InChI is InChI=1S/C13H18BrClN2/c1-17(8-9-2-3-9)13(7-16)11-6-10(15)4-5-12(11)14/h4-6,9,13H,2-3,7-8,16H2,1H3. The minimum atomic E-state index is 0.240. The Balaban J connectivity index is 2.17. The number of likely N-dealkylation sites (N-methyl/N-ethyl adjacent to an activating group) is 1. The molecule has 94 valence electrons. The number of halogens is 2. The Kier molecular flexibility index (Phi) is 4.47. The number of hydrogen-bond acceptors (Lipinski definition) is 2.